The summed E-state index contributed by atoms with van der Waals surface area (Å²) in [6.07, 6.45) is 3.42. The molecule has 0 radical (unpaired) electrons. The number of hydrogen-bond donors (Lipinski definition) is 0. The lowest BCUT2D eigenvalue weighted by molar-refractivity contribution is -0.411. The van der Waals surface area contributed by atoms with Crippen LogP contribution in [0.3, 0.4) is 0 Å². The van der Waals surface area contributed by atoms with Gasteiger partial charge in [0.2, 0.25) is 0 Å². The lowest BCUT2D eigenvalue weighted by Gasteiger charge is -2.46. The van der Waals surface area contributed by atoms with Crippen molar-refractivity contribution in [1.29, 1.82) is 0 Å². The van der Waals surface area contributed by atoms with Crippen molar-refractivity contribution in [2.75, 3.05) is 5.75 Å². The first-order valence-electron chi connectivity index (χ1n) is 6.87. The summed E-state index contributed by atoms with van der Waals surface area (Å²) in [6, 6.07) is 10.5. The first-order valence-corrected chi connectivity index (χ1v) is 7.86. The Kier molecular flexibility index (Phi) is 3.70. The van der Waals surface area contributed by atoms with Crippen LogP contribution in [0.2, 0.25) is 0 Å². The number of rotatable bonds is 3. The van der Waals surface area contributed by atoms with E-state index in [-0.39, 0.29) is 11.7 Å². The van der Waals surface area contributed by atoms with Gasteiger partial charge in [0, 0.05) is 10.6 Å². The van der Waals surface area contributed by atoms with Gasteiger partial charge in [0.1, 0.15) is 11.7 Å². The molecule has 0 unspecified atom stereocenters. The first-order chi connectivity index (χ1) is 9.17. The molecule has 19 heavy (non-hydrogen) atoms. The van der Waals surface area contributed by atoms with Crippen molar-refractivity contribution in [2.24, 2.45) is 5.92 Å². The zero-order valence-corrected chi connectivity index (χ0v) is 12.1. The van der Waals surface area contributed by atoms with Gasteiger partial charge in [-0.3, -0.25) is 0 Å². The van der Waals surface area contributed by atoms with Crippen LogP contribution in [0.5, 0.6) is 0 Å². The summed E-state index contributed by atoms with van der Waals surface area (Å²) in [4.78, 5) is 12.6. The van der Waals surface area contributed by atoms with Crippen LogP contribution in [0.4, 0.5) is 0 Å². The molecule has 3 rings (SSSR count). The van der Waals surface area contributed by atoms with Crippen LogP contribution in [0.25, 0.3) is 0 Å². The monoisotopic (exact) mass is 276 g/mol. The van der Waals surface area contributed by atoms with Gasteiger partial charge >= 0.3 is 0 Å². The van der Waals surface area contributed by atoms with Crippen LogP contribution in [-0.4, -0.2) is 17.5 Å². The second kappa shape index (κ2) is 5.31. The quantitative estimate of drug-likeness (QED) is 0.468. The van der Waals surface area contributed by atoms with E-state index in [1.807, 2.05) is 17.8 Å². The number of hydrogen-bond acceptors (Lipinski definition) is 3. The van der Waals surface area contributed by atoms with Crippen molar-refractivity contribution in [3.05, 3.63) is 42.5 Å². The van der Waals surface area contributed by atoms with E-state index in [1.165, 1.54) is 16.9 Å². The summed E-state index contributed by atoms with van der Waals surface area (Å²) < 4.78 is 0. The third kappa shape index (κ3) is 2.73. The van der Waals surface area contributed by atoms with E-state index < -0.39 is 0 Å². The molecule has 3 heteroatoms. The Morgan fingerprint density at radius 3 is 2.95 bits per heavy atom. The lowest BCUT2D eigenvalue weighted by atomic mass is 9.75. The first kappa shape index (κ1) is 13.2. The van der Waals surface area contributed by atoms with E-state index in [2.05, 4.69) is 37.8 Å². The molecule has 102 valence electrons. The lowest BCUT2D eigenvalue weighted by Crippen LogP contribution is -2.49. The van der Waals surface area contributed by atoms with Gasteiger partial charge in [0.15, 0.2) is 0 Å². The van der Waals surface area contributed by atoms with E-state index >= 15 is 0 Å². The molecule has 1 aromatic rings. The highest BCUT2D eigenvalue weighted by Crippen LogP contribution is 2.44. The Labute approximate surface area is 119 Å². The summed E-state index contributed by atoms with van der Waals surface area (Å²) in [7, 11) is 0. The summed E-state index contributed by atoms with van der Waals surface area (Å²) in [6.45, 7) is 6.24. The van der Waals surface area contributed by atoms with Crippen LogP contribution < -0.4 is 0 Å². The third-order valence-electron chi connectivity index (χ3n) is 4.25. The minimum atomic E-state index is -0.183. The smallest absolute Gasteiger partial charge is 0.114 e. The largest absolute Gasteiger partial charge is 0.229 e. The summed E-state index contributed by atoms with van der Waals surface area (Å²) >= 11 is 1.84. The second-order valence-corrected chi connectivity index (χ2v) is 6.76. The van der Waals surface area contributed by atoms with Gasteiger partial charge in [-0.25, -0.2) is 9.78 Å². The topological polar surface area (TPSA) is 18.5 Å². The molecule has 0 amide bonds. The van der Waals surface area contributed by atoms with Gasteiger partial charge in [-0.2, -0.15) is 0 Å². The zero-order chi connectivity index (χ0) is 13.3. The molecule has 1 aliphatic carbocycles. The molecule has 3 atom stereocenters. The van der Waals surface area contributed by atoms with Gasteiger partial charge < -0.3 is 0 Å². The van der Waals surface area contributed by atoms with Crippen LogP contribution in [0.15, 0.2) is 47.4 Å². The van der Waals surface area contributed by atoms with Crippen molar-refractivity contribution in [1.82, 2.24) is 0 Å². The average Bonchev–Trinajstić information content (AvgIpc) is 2.45. The van der Waals surface area contributed by atoms with E-state index in [1.54, 1.807) is 0 Å². The summed E-state index contributed by atoms with van der Waals surface area (Å²) in [5.74, 6) is 1.51. The van der Waals surface area contributed by atoms with Crippen molar-refractivity contribution in [3.63, 3.8) is 0 Å². The maximum Gasteiger partial charge on any atom is 0.114 e. The molecular formula is C16H20O2S. The Morgan fingerprint density at radius 2 is 2.16 bits per heavy atom. The Balaban J connectivity index is 1.65. The Morgan fingerprint density at radius 1 is 1.37 bits per heavy atom. The van der Waals surface area contributed by atoms with Gasteiger partial charge in [-0.1, -0.05) is 24.8 Å². The Bertz CT molecular complexity index is 459. The predicted octanol–water partition coefficient (Wildman–Crippen LogP) is 4.22. The number of fused-ring (bicyclic) bond motifs is 2. The van der Waals surface area contributed by atoms with Gasteiger partial charge in [0.05, 0.1) is 0 Å². The van der Waals surface area contributed by atoms with Crippen molar-refractivity contribution < 1.29 is 9.78 Å². The molecule has 1 aliphatic heterocycles. The fourth-order valence-electron chi connectivity index (χ4n) is 2.85. The standard InChI is InChI=1S/C16H20O2S/c1-12-8-9-13-10-15(12)17-18-16(13,2)11-19-14-6-4-3-5-7-14/h3-7,13,15H,1,8-11H2,2H3/t13-,15-,16+/m0/s1. The maximum absolute atomic E-state index is 5.74. The van der Waals surface area contributed by atoms with Crippen LogP contribution in [-0.2, 0) is 9.78 Å². The molecule has 1 aromatic carbocycles. The minimum Gasteiger partial charge on any atom is -0.229 e. The third-order valence-corrected chi connectivity index (χ3v) is 5.58. The molecule has 1 heterocycles. The van der Waals surface area contributed by atoms with Crippen molar-refractivity contribution in [3.8, 4) is 0 Å². The van der Waals surface area contributed by atoms with Crippen LogP contribution >= 0.6 is 11.8 Å². The van der Waals surface area contributed by atoms with Crippen molar-refractivity contribution in [2.45, 2.75) is 42.8 Å². The SMILES string of the molecule is C=C1CC[C@H]2C[C@@H]1OO[C@]2(C)CSc1ccccc1. The van der Waals surface area contributed by atoms with Crippen LogP contribution in [0, 0.1) is 5.92 Å². The average molecular weight is 276 g/mol. The molecular weight excluding hydrogens is 256 g/mol. The summed E-state index contributed by atoms with van der Waals surface area (Å²) in [5, 5.41) is 0. The highest BCUT2D eigenvalue weighted by Gasteiger charge is 2.45. The highest BCUT2D eigenvalue weighted by atomic mass is 32.2. The normalized spacial score (nSPS) is 34.3. The molecule has 1 saturated carbocycles. The maximum atomic E-state index is 5.74. The molecule has 0 aromatic heterocycles. The molecule has 1 saturated heterocycles. The van der Waals surface area contributed by atoms with Gasteiger partial charge in [-0.05, 0) is 49.8 Å². The molecule has 2 bridgehead atoms. The molecule has 0 N–H and O–H groups in total. The van der Waals surface area contributed by atoms with Crippen LogP contribution in [0.1, 0.15) is 26.2 Å². The van der Waals surface area contributed by atoms with Crippen molar-refractivity contribution >= 4 is 11.8 Å². The van der Waals surface area contributed by atoms with E-state index in [4.69, 9.17) is 9.78 Å². The summed E-state index contributed by atoms with van der Waals surface area (Å²) in [5.41, 5.74) is 1.01. The highest BCUT2D eigenvalue weighted by molar-refractivity contribution is 7.99. The minimum absolute atomic E-state index is 0.119. The number of thioether (sulfide) groups is 1. The van der Waals surface area contributed by atoms with Gasteiger partial charge in [0.25, 0.3) is 0 Å². The molecule has 0 spiro atoms. The zero-order valence-electron chi connectivity index (χ0n) is 11.3. The van der Waals surface area contributed by atoms with E-state index in [0.717, 1.165) is 18.6 Å². The van der Waals surface area contributed by atoms with E-state index in [0.29, 0.717) is 5.92 Å². The fraction of sp³-hybridized carbons (Fsp3) is 0.500. The van der Waals surface area contributed by atoms with Gasteiger partial charge in [-0.15, -0.1) is 11.8 Å². The predicted molar refractivity (Wildman–Crippen MR) is 78.0 cm³/mol. The second-order valence-electron chi connectivity index (χ2n) is 5.71. The van der Waals surface area contributed by atoms with E-state index in [9.17, 15) is 0 Å². The number of benzene rings is 1. The molecule has 2 nitrogen and oxygen atoms in total. The Hall–Kier alpha value is -0.770. The molecule has 2 fully saturated rings. The molecule has 2 aliphatic rings. The fourth-order valence-corrected chi connectivity index (χ4v) is 3.93.